The number of imidazole rings is 1. The standard InChI is InChI=1S/C29H36F2N8O3/c1-19(40)36-8-6-20(7-9-36)14-26(41)38-17-21(18-38)16-32-24-15-25(35-29(34-24)37-10-12-42-13-11-37)39-23-5-3-2-4-22(23)33-28(39)27(30)31/h2-5,15,20-21,27H,6-14,16-18H2,1H3,(H,32,34,35). The second-order valence-corrected chi connectivity index (χ2v) is 11.3. The number of morpholine rings is 1. The van der Waals surface area contributed by atoms with Crippen molar-refractivity contribution in [2.24, 2.45) is 11.8 Å². The van der Waals surface area contributed by atoms with Gasteiger partial charge in [0.15, 0.2) is 5.82 Å². The number of carbonyl (C=O) groups excluding carboxylic acids is 2. The van der Waals surface area contributed by atoms with Crippen molar-refractivity contribution in [3.05, 3.63) is 36.2 Å². The monoisotopic (exact) mass is 582 g/mol. The van der Waals surface area contributed by atoms with E-state index in [0.717, 1.165) is 25.9 Å². The molecule has 1 aromatic carbocycles. The quantitative estimate of drug-likeness (QED) is 0.432. The predicted octanol–water partition coefficient (Wildman–Crippen LogP) is 3.11. The molecule has 6 rings (SSSR count). The van der Waals surface area contributed by atoms with E-state index in [1.54, 1.807) is 37.3 Å². The zero-order valence-electron chi connectivity index (χ0n) is 23.7. The SMILES string of the molecule is CC(=O)N1CCC(CC(=O)N2CC(CNc3cc(-n4c(C(F)F)nc5ccccc54)nc(N4CCOCC4)n3)C2)CC1. The topological polar surface area (TPSA) is 109 Å². The van der Waals surface area contributed by atoms with Gasteiger partial charge in [0.25, 0.3) is 6.43 Å². The van der Waals surface area contributed by atoms with Crippen LogP contribution in [-0.2, 0) is 14.3 Å². The van der Waals surface area contributed by atoms with Crippen molar-refractivity contribution >= 4 is 34.6 Å². The molecule has 0 atom stereocenters. The minimum atomic E-state index is -2.78. The van der Waals surface area contributed by atoms with Crippen LogP contribution in [0.15, 0.2) is 30.3 Å². The van der Waals surface area contributed by atoms with Gasteiger partial charge in [-0.2, -0.15) is 9.97 Å². The van der Waals surface area contributed by atoms with Crippen LogP contribution in [0.1, 0.15) is 38.4 Å². The zero-order valence-corrected chi connectivity index (χ0v) is 23.7. The lowest BCUT2D eigenvalue weighted by Crippen LogP contribution is -2.53. The highest BCUT2D eigenvalue weighted by Crippen LogP contribution is 2.30. The van der Waals surface area contributed by atoms with E-state index >= 15 is 0 Å². The summed E-state index contributed by atoms with van der Waals surface area (Å²) >= 11 is 0. The van der Waals surface area contributed by atoms with Gasteiger partial charge in [-0.3, -0.25) is 14.2 Å². The van der Waals surface area contributed by atoms with Crippen LogP contribution in [0.4, 0.5) is 20.5 Å². The fourth-order valence-corrected chi connectivity index (χ4v) is 5.94. The lowest BCUT2D eigenvalue weighted by molar-refractivity contribution is -0.138. The number of piperidine rings is 1. The van der Waals surface area contributed by atoms with Gasteiger partial charge in [0.1, 0.15) is 11.6 Å². The Morgan fingerprint density at radius 1 is 1.00 bits per heavy atom. The van der Waals surface area contributed by atoms with Gasteiger partial charge in [0.05, 0.1) is 24.2 Å². The summed E-state index contributed by atoms with van der Waals surface area (Å²) in [5.74, 6) is 1.76. The number of hydrogen-bond donors (Lipinski definition) is 1. The first-order chi connectivity index (χ1) is 20.4. The highest BCUT2D eigenvalue weighted by atomic mass is 19.3. The molecule has 224 valence electrons. The number of aromatic nitrogens is 4. The van der Waals surface area contributed by atoms with Gasteiger partial charge in [-0.15, -0.1) is 0 Å². The van der Waals surface area contributed by atoms with Gasteiger partial charge in [0.2, 0.25) is 17.8 Å². The number of fused-ring (bicyclic) bond motifs is 1. The Morgan fingerprint density at radius 2 is 1.74 bits per heavy atom. The molecular weight excluding hydrogens is 546 g/mol. The average molecular weight is 583 g/mol. The van der Waals surface area contributed by atoms with E-state index in [1.165, 1.54) is 4.57 Å². The lowest BCUT2D eigenvalue weighted by atomic mass is 9.91. The molecule has 5 heterocycles. The van der Waals surface area contributed by atoms with Crippen LogP contribution >= 0.6 is 0 Å². The van der Waals surface area contributed by atoms with Crippen LogP contribution in [-0.4, -0.2) is 100 Å². The number of likely N-dealkylation sites (tertiary alicyclic amines) is 2. The Hall–Kier alpha value is -3.87. The van der Waals surface area contributed by atoms with Crippen molar-refractivity contribution in [1.82, 2.24) is 29.3 Å². The Kier molecular flexibility index (Phi) is 8.18. The molecule has 11 nitrogen and oxygen atoms in total. The zero-order chi connectivity index (χ0) is 29.2. The van der Waals surface area contributed by atoms with E-state index in [-0.39, 0.29) is 23.6 Å². The molecule has 13 heteroatoms. The highest BCUT2D eigenvalue weighted by Gasteiger charge is 2.33. The summed E-state index contributed by atoms with van der Waals surface area (Å²) in [6.07, 6.45) is -0.526. The molecule has 3 aromatic rings. The highest BCUT2D eigenvalue weighted by molar-refractivity contribution is 5.79. The molecule has 0 radical (unpaired) electrons. The summed E-state index contributed by atoms with van der Waals surface area (Å²) in [6.45, 7) is 7.22. The maximum atomic E-state index is 14.1. The van der Waals surface area contributed by atoms with Gasteiger partial charge >= 0.3 is 0 Å². The minimum absolute atomic E-state index is 0.0959. The number of nitrogens with zero attached hydrogens (tertiary/aromatic N) is 7. The van der Waals surface area contributed by atoms with Crippen LogP contribution in [0.25, 0.3) is 16.9 Å². The van der Waals surface area contributed by atoms with Crippen molar-refractivity contribution in [2.75, 3.05) is 69.2 Å². The molecule has 0 bridgehead atoms. The summed E-state index contributed by atoms with van der Waals surface area (Å²) in [5, 5.41) is 3.38. The Morgan fingerprint density at radius 3 is 2.45 bits per heavy atom. The maximum absolute atomic E-state index is 14.1. The summed E-state index contributed by atoms with van der Waals surface area (Å²) in [7, 11) is 0. The van der Waals surface area contributed by atoms with E-state index in [1.807, 2.05) is 14.7 Å². The molecule has 2 amide bonds. The van der Waals surface area contributed by atoms with Crippen LogP contribution in [0, 0.1) is 11.8 Å². The van der Waals surface area contributed by atoms with Crippen LogP contribution in [0.2, 0.25) is 0 Å². The fraction of sp³-hybridized carbons (Fsp3) is 0.552. The number of halogens is 2. The molecule has 0 saturated carbocycles. The molecule has 3 fully saturated rings. The van der Waals surface area contributed by atoms with E-state index in [4.69, 9.17) is 14.7 Å². The Bertz CT molecular complexity index is 1430. The molecule has 42 heavy (non-hydrogen) atoms. The molecular formula is C29H36F2N8O3. The van der Waals surface area contributed by atoms with E-state index in [2.05, 4.69) is 10.3 Å². The number of ether oxygens (including phenoxy) is 1. The first-order valence-electron chi connectivity index (χ1n) is 14.6. The Labute approximate surface area is 242 Å². The number of hydrogen-bond acceptors (Lipinski definition) is 8. The summed E-state index contributed by atoms with van der Waals surface area (Å²) in [4.78, 5) is 43.7. The number of amides is 2. The smallest absolute Gasteiger partial charge is 0.296 e. The number of alkyl halides is 2. The normalized spacial score (nSPS) is 18.5. The third kappa shape index (κ3) is 6.01. The number of para-hydroxylation sites is 2. The van der Waals surface area contributed by atoms with Crippen molar-refractivity contribution < 1.29 is 23.1 Å². The van der Waals surface area contributed by atoms with Crippen LogP contribution in [0.5, 0.6) is 0 Å². The molecule has 0 unspecified atom stereocenters. The third-order valence-corrected chi connectivity index (χ3v) is 8.41. The second-order valence-electron chi connectivity index (χ2n) is 11.3. The number of nitrogens with one attached hydrogen (secondary N) is 1. The van der Waals surface area contributed by atoms with Gasteiger partial charge < -0.3 is 24.8 Å². The largest absolute Gasteiger partial charge is 0.378 e. The van der Waals surface area contributed by atoms with Crippen LogP contribution < -0.4 is 10.2 Å². The second kappa shape index (κ2) is 12.2. The van der Waals surface area contributed by atoms with Crippen molar-refractivity contribution in [3.63, 3.8) is 0 Å². The first kappa shape index (κ1) is 28.3. The van der Waals surface area contributed by atoms with E-state index in [0.29, 0.717) is 86.9 Å². The number of carbonyl (C=O) groups is 2. The van der Waals surface area contributed by atoms with Crippen molar-refractivity contribution in [3.8, 4) is 5.82 Å². The Balaban J connectivity index is 1.13. The fourth-order valence-electron chi connectivity index (χ4n) is 5.94. The summed E-state index contributed by atoms with van der Waals surface area (Å²) < 4.78 is 35.1. The minimum Gasteiger partial charge on any atom is -0.378 e. The number of anilines is 2. The predicted molar refractivity (Wildman–Crippen MR) is 153 cm³/mol. The third-order valence-electron chi connectivity index (χ3n) is 8.41. The van der Waals surface area contributed by atoms with Gasteiger partial charge in [-0.25, -0.2) is 13.8 Å². The molecule has 3 saturated heterocycles. The molecule has 1 N–H and O–H groups in total. The van der Waals surface area contributed by atoms with Crippen LogP contribution in [0.3, 0.4) is 0 Å². The average Bonchev–Trinajstić information content (AvgIpc) is 3.37. The lowest BCUT2D eigenvalue weighted by Gasteiger charge is -2.41. The number of rotatable bonds is 8. The molecule has 0 aliphatic carbocycles. The van der Waals surface area contributed by atoms with Gasteiger partial charge in [-0.05, 0) is 30.9 Å². The number of benzene rings is 1. The van der Waals surface area contributed by atoms with E-state index in [9.17, 15) is 18.4 Å². The summed E-state index contributed by atoms with van der Waals surface area (Å²) in [6, 6.07) is 8.70. The molecule has 3 aliphatic heterocycles. The summed E-state index contributed by atoms with van der Waals surface area (Å²) in [5.41, 5.74) is 1.02. The van der Waals surface area contributed by atoms with Crippen molar-refractivity contribution in [1.29, 1.82) is 0 Å². The first-order valence-corrected chi connectivity index (χ1v) is 14.6. The van der Waals surface area contributed by atoms with E-state index < -0.39 is 6.43 Å². The molecule has 2 aromatic heterocycles. The van der Waals surface area contributed by atoms with Gasteiger partial charge in [-0.1, -0.05) is 12.1 Å². The van der Waals surface area contributed by atoms with Crippen molar-refractivity contribution in [2.45, 2.75) is 32.6 Å². The molecule has 3 aliphatic rings. The molecule has 0 spiro atoms. The van der Waals surface area contributed by atoms with Gasteiger partial charge in [0, 0.05) is 71.1 Å². The maximum Gasteiger partial charge on any atom is 0.296 e.